The zero-order valence-electron chi connectivity index (χ0n) is 8.07. The Morgan fingerprint density at radius 3 is 2.54 bits per heavy atom. The lowest BCUT2D eigenvalue weighted by Crippen LogP contribution is -2.38. The van der Waals surface area contributed by atoms with Crippen LogP contribution in [0.4, 0.5) is 4.39 Å². The molecular formula is C8H14BFO3. The smallest absolute Gasteiger partial charge is 0.146 e. The molecule has 1 aliphatic rings. The largest absolute Gasteiger partial charge is 0.379 e. The molecule has 0 aromatic heterocycles. The molecule has 3 nitrogen and oxygen atoms in total. The van der Waals surface area contributed by atoms with Crippen LogP contribution in [0.25, 0.3) is 0 Å². The van der Waals surface area contributed by atoms with E-state index in [1.807, 2.05) is 0 Å². The molecule has 5 heteroatoms. The lowest BCUT2D eigenvalue weighted by Gasteiger charge is -2.22. The molecular weight excluding hydrogens is 174 g/mol. The number of methoxy groups -OCH3 is 2. The van der Waals surface area contributed by atoms with Crippen molar-refractivity contribution in [3.8, 4) is 0 Å². The molecule has 0 aliphatic carbocycles. The van der Waals surface area contributed by atoms with Crippen LogP contribution < -0.4 is 0 Å². The van der Waals surface area contributed by atoms with Crippen molar-refractivity contribution in [2.45, 2.75) is 37.4 Å². The first-order valence-electron chi connectivity index (χ1n) is 4.22. The Balaban J connectivity index is 2.64. The first-order chi connectivity index (χ1) is 6.11. The topological polar surface area (TPSA) is 27.7 Å². The molecule has 1 heterocycles. The number of hydrogen-bond acceptors (Lipinski definition) is 3. The standard InChI is InChI=1S/C8H14BFO3/c1-4(11-2)6-7(12-3)5(10)8(9)13-6/h4-8H,1-3H3/t4-,5+,6+,7-,8+/m0/s1. The van der Waals surface area contributed by atoms with Crippen molar-refractivity contribution in [1.82, 2.24) is 0 Å². The van der Waals surface area contributed by atoms with Gasteiger partial charge in [-0.15, -0.1) is 0 Å². The number of halogens is 1. The van der Waals surface area contributed by atoms with E-state index in [1.54, 1.807) is 6.92 Å². The summed E-state index contributed by atoms with van der Waals surface area (Å²) in [7, 11) is 8.37. The average Bonchev–Trinajstić information content (AvgIpc) is 2.42. The van der Waals surface area contributed by atoms with E-state index in [0.717, 1.165) is 0 Å². The van der Waals surface area contributed by atoms with Crippen molar-refractivity contribution in [2.24, 2.45) is 0 Å². The second-order valence-corrected chi connectivity index (χ2v) is 3.15. The lowest BCUT2D eigenvalue weighted by atomic mass is 9.93. The van der Waals surface area contributed by atoms with E-state index in [2.05, 4.69) is 0 Å². The zero-order chi connectivity index (χ0) is 10.0. The van der Waals surface area contributed by atoms with Gasteiger partial charge in [0.25, 0.3) is 0 Å². The molecule has 0 unspecified atom stereocenters. The Kier molecular flexibility index (Phi) is 3.70. The fraction of sp³-hybridized carbons (Fsp3) is 1.00. The summed E-state index contributed by atoms with van der Waals surface area (Å²) in [6, 6.07) is -0.910. The summed E-state index contributed by atoms with van der Waals surface area (Å²) in [4.78, 5) is 0. The predicted molar refractivity (Wildman–Crippen MR) is 46.6 cm³/mol. The maximum Gasteiger partial charge on any atom is 0.146 e. The number of alkyl halides is 1. The van der Waals surface area contributed by atoms with E-state index in [0.29, 0.717) is 0 Å². The Labute approximate surface area is 78.9 Å². The number of ether oxygens (including phenoxy) is 3. The van der Waals surface area contributed by atoms with E-state index in [4.69, 9.17) is 22.1 Å². The lowest BCUT2D eigenvalue weighted by molar-refractivity contribution is -0.0731. The van der Waals surface area contributed by atoms with Gasteiger partial charge in [-0.1, -0.05) is 0 Å². The van der Waals surface area contributed by atoms with Crippen LogP contribution >= 0.6 is 0 Å². The van der Waals surface area contributed by atoms with Crippen LogP contribution in [-0.4, -0.2) is 52.6 Å². The van der Waals surface area contributed by atoms with Crippen molar-refractivity contribution >= 4 is 7.85 Å². The molecule has 0 N–H and O–H groups in total. The van der Waals surface area contributed by atoms with E-state index in [9.17, 15) is 4.39 Å². The molecule has 2 radical (unpaired) electrons. The molecule has 0 saturated carbocycles. The Hall–Kier alpha value is -0.125. The Bertz CT molecular complexity index is 169. The molecule has 1 aliphatic heterocycles. The summed E-state index contributed by atoms with van der Waals surface area (Å²) in [6.07, 6.45) is -2.57. The molecule has 1 fully saturated rings. The molecule has 74 valence electrons. The SMILES string of the molecule is [B][C@@H]1O[C@H]([C@H](C)OC)[C@@H](OC)[C@H]1F. The summed E-state index contributed by atoms with van der Waals surface area (Å²) in [5.74, 6) is 0. The van der Waals surface area contributed by atoms with E-state index < -0.39 is 24.4 Å². The summed E-state index contributed by atoms with van der Waals surface area (Å²) in [5, 5.41) is 0. The molecule has 0 aromatic carbocycles. The van der Waals surface area contributed by atoms with Gasteiger partial charge in [-0.25, -0.2) is 4.39 Å². The molecule has 0 spiro atoms. The highest BCUT2D eigenvalue weighted by Crippen LogP contribution is 2.27. The second-order valence-electron chi connectivity index (χ2n) is 3.15. The number of rotatable bonds is 3. The number of hydrogen-bond donors (Lipinski definition) is 0. The van der Waals surface area contributed by atoms with Crippen LogP contribution in [0.1, 0.15) is 6.92 Å². The summed E-state index contributed by atoms with van der Waals surface area (Å²) in [5.41, 5.74) is 0. The van der Waals surface area contributed by atoms with Crippen molar-refractivity contribution < 1.29 is 18.6 Å². The highest BCUT2D eigenvalue weighted by atomic mass is 19.1. The van der Waals surface area contributed by atoms with Crippen LogP contribution in [0, 0.1) is 0 Å². The first-order valence-corrected chi connectivity index (χ1v) is 4.22. The normalized spacial score (nSPS) is 42.2. The third kappa shape index (κ3) is 2.03. The fourth-order valence-electron chi connectivity index (χ4n) is 1.48. The highest BCUT2D eigenvalue weighted by molar-refractivity contribution is 6.11. The minimum atomic E-state index is -1.28. The summed E-state index contributed by atoms with van der Waals surface area (Å²) >= 11 is 0. The molecule has 1 saturated heterocycles. The van der Waals surface area contributed by atoms with Gasteiger partial charge >= 0.3 is 0 Å². The molecule has 0 bridgehead atoms. The van der Waals surface area contributed by atoms with Crippen LogP contribution in [0.5, 0.6) is 0 Å². The molecule has 5 atom stereocenters. The van der Waals surface area contributed by atoms with Gasteiger partial charge in [0.15, 0.2) is 0 Å². The summed E-state index contributed by atoms with van der Waals surface area (Å²) in [6.45, 7) is 1.79. The van der Waals surface area contributed by atoms with Gasteiger partial charge in [0.05, 0.1) is 12.1 Å². The van der Waals surface area contributed by atoms with Crippen molar-refractivity contribution in [1.29, 1.82) is 0 Å². The quantitative estimate of drug-likeness (QED) is 0.595. The van der Waals surface area contributed by atoms with E-state index in [-0.39, 0.29) is 6.10 Å². The molecule has 0 amide bonds. The zero-order valence-corrected chi connectivity index (χ0v) is 8.07. The highest BCUT2D eigenvalue weighted by Gasteiger charge is 2.45. The maximum absolute atomic E-state index is 13.3. The van der Waals surface area contributed by atoms with Gasteiger partial charge < -0.3 is 14.2 Å². The van der Waals surface area contributed by atoms with Gasteiger partial charge in [0, 0.05) is 14.2 Å². The van der Waals surface area contributed by atoms with Crippen LogP contribution in [0.3, 0.4) is 0 Å². The van der Waals surface area contributed by atoms with Gasteiger partial charge in [0.1, 0.15) is 26.2 Å². The Morgan fingerprint density at radius 1 is 1.46 bits per heavy atom. The van der Waals surface area contributed by atoms with Crippen molar-refractivity contribution in [3.63, 3.8) is 0 Å². The van der Waals surface area contributed by atoms with E-state index >= 15 is 0 Å². The van der Waals surface area contributed by atoms with Crippen molar-refractivity contribution in [3.05, 3.63) is 0 Å². The summed E-state index contributed by atoms with van der Waals surface area (Å²) < 4.78 is 28.5. The van der Waals surface area contributed by atoms with Crippen LogP contribution in [-0.2, 0) is 14.2 Å². The minimum absolute atomic E-state index is 0.225. The second kappa shape index (κ2) is 4.40. The first kappa shape index (κ1) is 11.0. The maximum atomic E-state index is 13.3. The molecule has 13 heavy (non-hydrogen) atoms. The molecule has 1 rings (SSSR count). The third-order valence-corrected chi connectivity index (χ3v) is 2.37. The van der Waals surface area contributed by atoms with E-state index in [1.165, 1.54) is 14.2 Å². The third-order valence-electron chi connectivity index (χ3n) is 2.37. The van der Waals surface area contributed by atoms with Crippen LogP contribution in [0.15, 0.2) is 0 Å². The fourth-order valence-corrected chi connectivity index (χ4v) is 1.48. The predicted octanol–water partition coefficient (Wildman–Crippen LogP) is 0.268. The van der Waals surface area contributed by atoms with Gasteiger partial charge in [-0.2, -0.15) is 0 Å². The van der Waals surface area contributed by atoms with Gasteiger partial charge in [0.2, 0.25) is 0 Å². The van der Waals surface area contributed by atoms with Crippen molar-refractivity contribution in [2.75, 3.05) is 14.2 Å². The Morgan fingerprint density at radius 2 is 2.08 bits per heavy atom. The molecule has 0 aromatic rings. The van der Waals surface area contributed by atoms with Gasteiger partial charge in [-0.3, -0.25) is 0 Å². The monoisotopic (exact) mass is 188 g/mol. The van der Waals surface area contributed by atoms with Crippen LogP contribution in [0.2, 0.25) is 0 Å². The minimum Gasteiger partial charge on any atom is -0.379 e. The average molecular weight is 188 g/mol. The van der Waals surface area contributed by atoms with Gasteiger partial charge in [-0.05, 0) is 6.92 Å².